The van der Waals surface area contributed by atoms with E-state index in [9.17, 15) is 9.59 Å². The Morgan fingerprint density at radius 3 is 2.67 bits per heavy atom. The minimum Gasteiger partial charge on any atom is -0.496 e. The van der Waals surface area contributed by atoms with Crippen LogP contribution in [0.3, 0.4) is 0 Å². The van der Waals surface area contributed by atoms with Crippen molar-refractivity contribution in [2.75, 3.05) is 25.1 Å². The van der Waals surface area contributed by atoms with Crippen molar-refractivity contribution in [3.05, 3.63) is 27.5 Å². The van der Waals surface area contributed by atoms with Crippen molar-refractivity contribution < 1.29 is 19.1 Å². The average Bonchev–Trinajstić information content (AvgIpc) is 2.66. The second-order valence-corrected chi connectivity index (χ2v) is 9.49. The first-order valence-corrected chi connectivity index (χ1v) is 10.9. The summed E-state index contributed by atoms with van der Waals surface area (Å²) in [4.78, 5) is 30.8. The summed E-state index contributed by atoms with van der Waals surface area (Å²) in [6.07, 6.45) is 3.14. The van der Waals surface area contributed by atoms with Crippen LogP contribution in [0.25, 0.3) is 10.8 Å². The summed E-state index contributed by atoms with van der Waals surface area (Å²) in [5.41, 5.74) is 5.32. The van der Waals surface area contributed by atoms with Crippen LogP contribution >= 0.6 is 22.6 Å². The molecule has 1 atom stereocenters. The third-order valence-electron chi connectivity index (χ3n) is 4.85. The first-order valence-electron chi connectivity index (χ1n) is 9.79. The van der Waals surface area contributed by atoms with Gasteiger partial charge in [-0.25, -0.2) is 9.78 Å². The fourth-order valence-corrected chi connectivity index (χ4v) is 4.18. The number of anilines is 1. The van der Waals surface area contributed by atoms with E-state index in [4.69, 9.17) is 15.2 Å². The lowest BCUT2D eigenvalue weighted by molar-refractivity contribution is 0.0499. The molecule has 0 bridgehead atoms. The highest BCUT2D eigenvalue weighted by atomic mass is 127. The number of pyridine rings is 1. The molecule has 3 N–H and O–H groups in total. The Morgan fingerprint density at radius 1 is 1.30 bits per heavy atom. The molecule has 2 aromatic rings. The normalized spacial score (nSPS) is 17.0. The lowest BCUT2D eigenvalue weighted by Crippen LogP contribution is -2.49. The van der Waals surface area contributed by atoms with E-state index in [-0.39, 0.29) is 6.04 Å². The van der Waals surface area contributed by atoms with Crippen LogP contribution in [0.5, 0.6) is 5.75 Å². The van der Waals surface area contributed by atoms with Crippen LogP contribution in [0, 0.1) is 3.57 Å². The smallest absolute Gasteiger partial charge is 0.407 e. The second kappa shape index (κ2) is 8.83. The topological polar surface area (TPSA) is 107 Å². The van der Waals surface area contributed by atoms with Crippen LogP contribution in [0.2, 0.25) is 0 Å². The van der Waals surface area contributed by atoms with Crippen LogP contribution < -0.4 is 20.7 Å². The summed E-state index contributed by atoms with van der Waals surface area (Å²) in [6.45, 7) is 6.95. The standard InChI is InChI=1S/C21H27IN4O4/c1-21(2,3)30-20(28)25-12-6-5-7-26(11-12)19-14-9-17(29-4)15(18(23)27)8-13(14)16(22)10-24-19/h8-10,12H,5-7,11H2,1-4H3,(H2,23,27)(H,25,28). The highest BCUT2D eigenvalue weighted by Gasteiger charge is 2.26. The number of hydrogen-bond acceptors (Lipinski definition) is 6. The lowest BCUT2D eigenvalue weighted by Gasteiger charge is -2.35. The van der Waals surface area contributed by atoms with Crippen LogP contribution in [0.4, 0.5) is 10.6 Å². The molecule has 0 spiro atoms. The maximum atomic E-state index is 12.2. The van der Waals surface area contributed by atoms with Gasteiger partial charge in [-0.1, -0.05) is 0 Å². The highest BCUT2D eigenvalue weighted by molar-refractivity contribution is 14.1. The van der Waals surface area contributed by atoms with Crippen LogP contribution in [0.1, 0.15) is 44.0 Å². The van der Waals surface area contributed by atoms with E-state index in [2.05, 4.69) is 37.8 Å². The Morgan fingerprint density at radius 2 is 2.03 bits per heavy atom. The predicted octanol–water partition coefficient (Wildman–Crippen LogP) is 3.44. The zero-order chi connectivity index (χ0) is 22.1. The highest BCUT2D eigenvalue weighted by Crippen LogP contribution is 2.34. The molecule has 8 nitrogen and oxygen atoms in total. The van der Waals surface area contributed by atoms with Crippen molar-refractivity contribution in [3.8, 4) is 5.75 Å². The van der Waals surface area contributed by atoms with Gasteiger partial charge < -0.3 is 25.4 Å². The fraction of sp³-hybridized carbons (Fsp3) is 0.476. The monoisotopic (exact) mass is 526 g/mol. The number of primary amides is 1. The summed E-state index contributed by atoms with van der Waals surface area (Å²) in [5.74, 6) is 0.665. The number of nitrogens with one attached hydrogen (secondary N) is 1. The Hall–Kier alpha value is -2.30. The molecule has 1 fully saturated rings. The Bertz CT molecular complexity index is 974. The van der Waals surface area contributed by atoms with Crippen molar-refractivity contribution in [1.82, 2.24) is 10.3 Å². The van der Waals surface area contributed by atoms with Crippen LogP contribution in [0.15, 0.2) is 18.3 Å². The number of rotatable bonds is 4. The molecule has 9 heteroatoms. The maximum Gasteiger partial charge on any atom is 0.407 e. The fourth-order valence-electron chi connectivity index (χ4n) is 3.59. The van der Waals surface area contributed by atoms with Crippen LogP contribution in [-0.2, 0) is 4.74 Å². The quantitative estimate of drug-likeness (QED) is 0.592. The van der Waals surface area contributed by atoms with E-state index in [0.717, 1.165) is 39.5 Å². The molecule has 1 unspecified atom stereocenters. The molecule has 0 aliphatic carbocycles. The third-order valence-corrected chi connectivity index (χ3v) is 5.70. The average molecular weight is 526 g/mol. The number of benzene rings is 1. The van der Waals surface area contributed by atoms with Gasteiger partial charge in [-0.15, -0.1) is 0 Å². The molecule has 1 aromatic heterocycles. The Labute approximate surface area is 189 Å². The first-order chi connectivity index (χ1) is 14.1. The molecule has 1 aliphatic rings. The van der Waals surface area contributed by atoms with E-state index >= 15 is 0 Å². The number of carbonyl (C=O) groups excluding carboxylic acids is 2. The van der Waals surface area contributed by atoms with Gasteiger partial charge in [-0.05, 0) is 68.3 Å². The number of fused-ring (bicyclic) bond motifs is 1. The summed E-state index contributed by atoms with van der Waals surface area (Å²) >= 11 is 2.19. The van der Waals surface area contributed by atoms with Gasteiger partial charge in [0.15, 0.2) is 0 Å². The largest absolute Gasteiger partial charge is 0.496 e. The molecule has 162 valence electrons. The number of ether oxygens (including phenoxy) is 2. The summed E-state index contributed by atoms with van der Waals surface area (Å²) in [6, 6.07) is 3.52. The minimum atomic E-state index is -0.541. The molecule has 30 heavy (non-hydrogen) atoms. The summed E-state index contributed by atoms with van der Waals surface area (Å²) in [5, 5.41) is 4.73. The van der Waals surface area contributed by atoms with Gasteiger partial charge in [0.05, 0.1) is 12.7 Å². The molecule has 3 rings (SSSR count). The van der Waals surface area contributed by atoms with E-state index < -0.39 is 17.6 Å². The minimum absolute atomic E-state index is 0.0449. The number of aromatic nitrogens is 1. The molecular formula is C21H27IN4O4. The van der Waals surface area contributed by atoms with Crippen LogP contribution in [-0.4, -0.2) is 48.8 Å². The lowest BCUT2D eigenvalue weighted by atomic mass is 10.0. The Balaban J connectivity index is 1.91. The number of hydrogen-bond donors (Lipinski definition) is 2. The van der Waals surface area contributed by atoms with Gasteiger partial charge >= 0.3 is 6.09 Å². The van der Waals surface area contributed by atoms with E-state index in [1.54, 1.807) is 12.3 Å². The maximum absolute atomic E-state index is 12.2. The number of carbonyl (C=O) groups is 2. The summed E-state index contributed by atoms with van der Waals surface area (Å²) < 4.78 is 11.7. The SMILES string of the molecule is COc1cc2c(N3CCCC(NC(=O)OC(C)(C)C)C3)ncc(I)c2cc1C(N)=O. The van der Waals surface area contributed by atoms with Crippen molar-refractivity contribution in [1.29, 1.82) is 0 Å². The number of methoxy groups -OCH3 is 1. The zero-order valence-corrected chi connectivity index (χ0v) is 19.8. The first kappa shape index (κ1) is 22.4. The van der Waals surface area contributed by atoms with Crippen molar-refractivity contribution in [2.45, 2.75) is 45.3 Å². The van der Waals surface area contributed by atoms with Gasteiger partial charge in [0.1, 0.15) is 17.2 Å². The van der Waals surface area contributed by atoms with Gasteiger partial charge in [-0.2, -0.15) is 0 Å². The van der Waals surface area contributed by atoms with Gasteiger partial charge in [0.25, 0.3) is 5.91 Å². The third kappa shape index (κ3) is 5.05. The molecule has 1 aliphatic heterocycles. The number of nitrogens with zero attached hydrogens (tertiary/aromatic N) is 2. The van der Waals surface area contributed by atoms with Gasteiger partial charge in [-0.3, -0.25) is 4.79 Å². The van der Waals surface area contributed by atoms with E-state index in [1.807, 2.05) is 26.8 Å². The number of amides is 2. The molecule has 0 saturated carbocycles. The van der Waals surface area contributed by atoms with E-state index in [0.29, 0.717) is 17.9 Å². The molecule has 1 saturated heterocycles. The van der Waals surface area contributed by atoms with Gasteiger partial charge in [0, 0.05) is 39.7 Å². The number of alkyl carbamates (subject to hydrolysis) is 1. The van der Waals surface area contributed by atoms with Crippen molar-refractivity contribution in [3.63, 3.8) is 0 Å². The second-order valence-electron chi connectivity index (χ2n) is 8.32. The summed E-state index contributed by atoms with van der Waals surface area (Å²) in [7, 11) is 1.51. The number of halogens is 1. The van der Waals surface area contributed by atoms with Gasteiger partial charge in [0.2, 0.25) is 0 Å². The van der Waals surface area contributed by atoms with E-state index in [1.165, 1.54) is 7.11 Å². The molecule has 2 amide bonds. The Kier molecular flexibility index (Phi) is 6.59. The molecule has 1 aromatic carbocycles. The molecule has 0 radical (unpaired) electrons. The molecule has 2 heterocycles. The predicted molar refractivity (Wildman–Crippen MR) is 124 cm³/mol. The van der Waals surface area contributed by atoms with Crippen molar-refractivity contribution in [2.24, 2.45) is 5.73 Å². The number of nitrogens with two attached hydrogens (primary N) is 1. The molecular weight excluding hydrogens is 499 g/mol. The number of piperidine rings is 1. The zero-order valence-electron chi connectivity index (χ0n) is 17.6. The van der Waals surface area contributed by atoms with Crippen molar-refractivity contribution >= 4 is 51.2 Å².